The van der Waals surface area contributed by atoms with Crippen molar-refractivity contribution >= 4 is 5.97 Å². The van der Waals surface area contributed by atoms with Crippen molar-refractivity contribution in [1.29, 1.82) is 0 Å². The maximum Gasteiger partial charge on any atom is 0.311 e. The number of unbranched alkanes of at least 4 members (excludes halogenated alkanes) is 4. The molecule has 0 amide bonds. The number of allylic oxidation sites excluding steroid dienone is 3. The molecule has 4 heteroatoms. The van der Waals surface area contributed by atoms with E-state index in [0.717, 1.165) is 12.8 Å². The van der Waals surface area contributed by atoms with Gasteiger partial charge in [0, 0.05) is 5.56 Å². The molecule has 2 atom stereocenters. The summed E-state index contributed by atoms with van der Waals surface area (Å²) < 4.78 is 5.85. The lowest BCUT2D eigenvalue weighted by Crippen LogP contribution is -2.55. The highest BCUT2D eigenvalue weighted by Gasteiger charge is 2.56. The Hall–Kier alpha value is -2.07. The zero-order valence-electron chi connectivity index (χ0n) is 15.9. The second kappa shape index (κ2) is 8.54. The zero-order valence-corrected chi connectivity index (χ0v) is 15.9. The fraction of sp³-hybridized carbons (Fsp3) is 0.500. The second-order valence-electron chi connectivity index (χ2n) is 7.47. The number of carboxylic acids is 1. The molecule has 0 aromatic heterocycles. The molecule has 0 fully saturated rings. The van der Waals surface area contributed by atoms with Gasteiger partial charge >= 0.3 is 5.97 Å². The summed E-state index contributed by atoms with van der Waals surface area (Å²) in [6.07, 6.45) is 13.1. The highest BCUT2D eigenvalue weighted by molar-refractivity contribution is 5.79. The lowest BCUT2D eigenvalue weighted by molar-refractivity contribution is -0.200. The quantitative estimate of drug-likeness (QED) is 0.504. The van der Waals surface area contributed by atoms with Crippen molar-refractivity contribution in [2.75, 3.05) is 0 Å². The first-order chi connectivity index (χ1) is 12.3. The molecule has 1 aliphatic heterocycles. The predicted molar refractivity (Wildman–Crippen MR) is 103 cm³/mol. The van der Waals surface area contributed by atoms with Crippen LogP contribution in [-0.2, 0) is 4.79 Å². The SMILES string of the molecule is CCCCCCC=CC=CC1(O)Oc2ccccc2C(C(=O)O)C1(C)C. The number of carbonyl (C=O) groups is 1. The van der Waals surface area contributed by atoms with Gasteiger partial charge in [-0.25, -0.2) is 0 Å². The summed E-state index contributed by atoms with van der Waals surface area (Å²) in [6.45, 7) is 5.63. The van der Waals surface area contributed by atoms with Crippen LogP contribution in [0, 0.1) is 5.41 Å². The fourth-order valence-corrected chi connectivity index (χ4v) is 3.45. The Labute approximate surface area is 156 Å². The zero-order chi connectivity index (χ0) is 19.2. The van der Waals surface area contributed by atoms with Crippen LogP contribution in [0.1, 0.15) is 64.4 Å². The standard InChI is InChI=1S/C22H30O4/c1-4-5-6-7-8-9-10-13-16-22(25)21(2,3)19(20(23)24)17-14-11-12-15-18(17)26-22/h9-16,19,25H,4-8H2,1-3H3,(H,23,24). The van der Waals surface area contributed by atoms with Crippen LogP contribution in [0.15, 0.2) is 48.6 Å². The lowest BCUT2D eigenvalue weighted by atomic mass is 9.67. The first-order valence-electron chi connectivity index (χ1n) is 9.41. The number of aliphatic hydroxyl groups is 1. The number of carboxylic acid groups (broad SMARTS) is 1. The molecule has 1 heterocycles. The molecule has 0 radical (unpaired) electrons. The molecule has 0 spiro atoms. The molecule has 2 rings (SSSR count). The first kappa shape index (κ1) is 20.2. The van der Waals surface area contributed by atoms with E-state index in [1.54, 1.807) is 50.3 Å². The number of hydrogen-bond acceptors (Lipinski definition) is 3. The minimum absolute atomic E-state index is 0.412. The van der Waals surface area contributed by atoms with Gasteiger partial charge in [-0.15, -0.1) is 0 Å². The Morgan fingerprint density at radius 3 is 2.62 bits per heavy atom. The third-order valence-corrected chi connectivity index (χ3v) is 5.18. The Morgan fingerprint density at radius 2 is 1.92 bits per heavy atom. The van der Waals surface area contributed by atoms with E-state index in [1.807, 2.05) is 6.08 Å². The van der Waals surface area contributed by atoms with Crippen LogP contribution in [0.4, 0.5) is 0 Å². The summed E-state index contributed by atoms with van der Waals surface area (Å²) in [5.74, 6) is -3.11. The van der Waals surface area contributed by atoms with E-state index in [2.05, 4.69) is 13.0 Å². The molecule has 1 aliphatic rings. The van der Waals surface area contributed by atoms with Crippen LogP contribution in [0.2, 0.25) is 0 Å². The molecule has 1 aromatic carbocycles. The van der Waals surface area contributed by atoms with Crippen LogP contribution in [0.25, 0.3) is 0 Å². The van der Waals surface area contributed by atoms with Gasteiger partial charge in [-0.3, -0.25) is 4.79 Å². The average molecular weight is 358 g/mol. The van der Waals surface area contributed by atoms with Gasteiger partial charge in [-0.05, 0) is 25.0 Å². The van der Waals surface area contributed by atoms with Crippen molar-refractivity contribution in [2.24, 2.45) is 5.41 Å². The van der Waals surface area contributed by atoms with Gasteiger partial charge in [0.2, 0.25) is 5.79 Å². The van der Waals surface area contributed by atoms with E-state index in [1.165, 1.54) is 19.3 Å². The average Bonchev–Trinajstić information content (AvgIpc) is 2.57. The van der Waals surface area contributed by atoms with Gasteiger partial charge in [-0.2, -0.15) is 0 Å². The van der Waals surface area contributed by atoms with Gasteiger partial charge in [0.05, 0.1) is 11.3 Å². The predicted octanol–water partition coefficient (Wildman–Crippen LogP) is 5.04. The molecule has 0 saturated carbocycles. The van der Waals surface area contributed by atoms with Gasteiger partial charge in [-0.1, -0.05) is 76.5 Å². The fourth-order valence-electron chi connectivity index (χ4n) is 3.45. The minimum atomic E-state index is -1.70. The van der Waals surface area contributed by atoms with Crippen molar-refractivity contribution in [3.8, 4) is 5.75 Å². The monoisotopic (exact) mass is 358 g/mol. The number of fused-ring (bicyclic) bond motifs is 1. The third kappa shape index (κ3) is 4.18. The molecular formula is C22H30O4. The number of para-hydroxylation sites is 1. The summed E-state index contributed by atoms with van der Waals surface area (Å²) in [5.41, 5.74) is -0.437. The van der Waals surface area contributed by atoms with Crippen molar-refractivity contribution < 1.29 is 19.7 Å². The smallest absolute Gasteiger partial charge is 0.311 e. The Kier molecular flexibility index (Phi) is 6.65. The Morgan fingerprint density at radius 1 is 1.19 bits per heavy atom. The number of ether oxygens (including phenoxy) is 1. The molecule has 1 aromatic rings. The van der Waals surface area contributed by atoms with Gasteiger partial charge in [0.25, 0.3) is 0 Å². The van der Waals surface area contributed by atoms with Crippen LogP contribution in [0.3, 0.4) is 0 Å². The number of hydrogen-bond donors (Lipinski definition) is 2. The largest absolute Gasteiger partial charge is 0.481 e. The van der Waals surface area contributed by atoms with Gasteiger partial charge < -0.3 is 14.9 Å². The highest BCUT2D eigenvalue weighted by atomic mass is 16.6. The van der Waals surface area contributed by atoms with Crippen LogP contribution < -0.4 is 4.74 Å². The number of benzene rings is 1. The van der Waals surface area contributed by atoms with Gasteiger partial charge in [0.15, 0.2) is 0 Å². The summed E-state index contributed by atoms with van der Waals surface area (Å²) in [6, 6.07) is 7.00. The summed E-state index contributed by atoms with van der Waals surface area (Å²) in [4.78, 5) is 11.9. The topological polar surface area (TPSA) is 66.8 Å². The Bertz CT molecular complexity index is 674. The molecule has 0 aliphatic carbocycles. The summed E-state index contributed by atoms with van der Waals surface area (Å²) in [7, 11) is 0. The van der Waals surface area contributed by atoms with Crippen LogP contribution in [-0.4, -0.2) is 22.0 Å². The highest BCUT2D eigenvalue weighted by Crippen LogP contribution is 2.52. The van der Waals surface area contributed by atoms with Crippen molar-refractivity contribution in [1.82, 2.24) is 0 Å². The van der Waals surface area contributed by atoms with Crippen molar-refractivity contribution in [3.05, 3.63) is 54.1 Å². The van der Waals surface area contributed by atoms with E-state index in [4.69, 9.17) is 4.74 Å². The van der Waals surface area contributed by atoms with E-state index in [-0.39, 0.29) is 0 Å². The van der Waals surface area contributed by atoms with Crippen molar-refractivity contribution in [2.45, 2.75) is 64.6 Å². The normalized spacial score (nSPS) is 24.5. The summed E-state index contributed by atoms with van der Waals surface area (Å²) in [5, 5.41) is 20.9. The molecular weight excluding hydrogens is 328 g/mol. The van der Waals surface area contributed by atoms with E-state index >= 15 is 0 Å². The number of aliphatic carboxylic acids is 1. The van der Waals surface area contributed by atoms with E-state index in [9.17, 15) is 15.0 Å². The molecule has 142 valence electrons. The minimum Gasteiger partial charge on any atom is -0.481 e. The van der Waals surface area contributed by atoms with Crippen LogP contribution >= 0.6 is 0 Å². The maximum atomic E-state index is 11.9. The molecule has 0 bridgehead atoms. The van der Waals surface area contributed by atoms with E-state index in [0.29, 0.717) is 11.3 Å². The maximum absolute atomic E-state index is 11.9. The molecule has 26 heavy (non-hydrogen) atoms. The number of rotatable bonds is 8. The second-order valence-corrected chi connectivity index (χ2v) is 7.47. The van der Waals surface area contributed by atoms with Crippen molar-refractivity contribution in [3.63, 3.8) is 0 Å². The summed E-state index contributed by atoms with van der Waals surface area (Å²) >= 11 is 0. The molecule has 4 nitrogen and oxygen atoms in total. The molecule has 2 N–H and O–H groups in total. The lowest BCUT2D eigenvalue weighted by Gasteiger charge is -2.48. The molecule has 2 unspecified atom stereocenters. The Balaban J connectivity index is 2.18. The van der Waals surface area contributed by atoms with E-state index < -0.39 is 23.1 Å². The molecule has 0 saturated heterocycles. The van der Waals surface area contributed by atoms with Crippen LogP contribution in [0.5, 0.6) is 5.75 Å². The third-order valence-electron chi connectivity index (χ3n) is 5.18. The van der Waals surface area contributed by atoms with Gasteiger partial charge in [0.1, 0.15) is 5.75 Å². The first-order valence-corrected chi connectivity index (χ1v) is 9.41.